The molecule has 0 aliphatic carbocycles. The Hall–Kier alpha value is -12.3. The van der Waals surface area contributed by atoms with Gasteiger partial charge in [0, 0.05) is 70.2 Å². The molecule has 0 radical (unpaired) electrons. The fourth-order valence-corrected chi connectivity index (χ4v) is 15.5. The Balaban J connectivity index is 0.850. The van der Waals surface area contributed by atoms with Crippen molar-refractivity contribution in [3.8, 4) is 40.1 Å². The molecule has 0 amide bonds. The highest BCUT2D eigenvalue weighted by atomic mass is 15.1. The number of hydrogen-bond donors (Lipinski definition) is 0. The zero-order valence-electron chi connectivity index (χ0n) is 46.7. The lowest BCUT2D eigenvalue weighted by Gasteiger charge is -2.15. The third-order valence-corrected chi connectivity index (χ3v) is 19.1. The zero-order valence-corrected chi connectivity index (χ0v) is 46.7. The predicted octanol–water partition coefficient (Wildman–Crippen LogP) is 19.6. The van der Waals surface area contributed by atoms with E-state index in [1.165, 1.54) is 54.3 Å². The van der Waals surface area contributed by atoms with Crippen LogP contribution in [0.25, 0.3) is 197 Å². The van der Waals surface area contributed by atoms with Crippen molar-refractivity contribution < 1.29 is 0 Å². The van der Waals surface area contributed by atoms with Crippen LogP contribution in [0.2, 0.25) is 0 Å². The number of hydrogen-bond acceptors (Lipinski definition) is 5. The minimum atomic E-state index is 0.269. The molecule has 88 heavy (non-hydrogen) atoms. The summed E-state index contributed by atoms with van der Waals surface area (Å²) in [6, 6.07) is 91.9. The van der Waals surface area contributed by atoms with E-state index in [1.807, 2.05) is 24.3 Å². The van der Waals surface area contributed by atoms with Gasteiger partial charge in [0.15, 0.2) is 17.3 Å². The van der Waals surface area contributed by atoms with Gasteiger partial charge in [-0.25, -0.2) is 19.9 Å². The van der Waals surface area contributed by atoms with Gasteiger partial charge >= 0.3 is 0 Å². The maximum atomic E-state index is 10.9. The van der Waals surface area contributed by atoms with Crippen LogP contribution >= 0.6 is 0 Å². The maximum absolute atomic E-state index is 10.9. The molecule has 0 atom stereocenters. The van der Waals surface area contributed by atoms with Crippen LogP contribution in [0.5, 0.6) is 0 Å². The Morgan fingerprint density at radius 2 is 0.773 bits per heavy atom. The molecule has 9 heteroatoms. The third-order valence-electron chi connectivity index (χ3n) is 19.1. The van der Waals surface area contributed by atoms with Gasteiger partial charge in [0.05, 0.1) is 77.2 Å². The average molecular weight is 1120 g/mol. The molecule has 21 rings (SSSR count). The Morgan fingerprint density at radius 3 is 1.43 bits per heavy atom. The topological polar surface area (TPSA) is 94.0 Å². The lowest BCUT2D eigenvalue weighted by atomic mass is 9.96. The first-order valence-electron chi connectivity index (χ1n) is 29.8. The molecule has 0 N–H and O–H groups in total. The summed E-state index contributed by atoms with van der Waals surface area (Å²) >= 11 is 0. The zero-order chi connectivity index (χ0) is 57.2. The van der Waals surface area contributed by atoms with E-state index in [-0.39, 0.29) is 5.69 Å². The maximum Gasteiger partial charge on any atom is 0.184 e. The summed E-state index contributed by atoms with van der Waals surface area (Å²) in [5, 5.41) is 29.4. The number of para-hydroxylation sites is 5. The van der Waals surface area contributed by atoms with E-state index in [1.54, 1.807) is 0 Å². The van der Waals surface area contributed by atoms with Gasteiger partial charge in [0.2, 0.25) is 0 Å². The van der Waals surface area contributed by atoms with E-state index < -0.39 is 0 Å². The van der Waals surface area contributed by atoms with Gasteiger partial charge < -0.3 is 8.80 Å². The van der Waals surface area contributed by atoms with Crippen LogP contribution in [0.4, 0.5) is 0 Å². The summed E-state index contributed by atoms with van der Waals surface area (Å²) in [5.74, 6) is 1.28. The number of benzene rings is 13. The van der Waals surface area contributed by atoms with E-state index in [0.717, 1.165) is 132 Å². The molecule has 21 aromatic rings. The molecule has 8 aromatic heterocycles. The van der Waals surface area contributed by atoms with E-state index in [2.05, 4.69) is 248 Å². The summed E-state index contributed by atoms with van der Waals surface area (Å²) in [7, 11) is 0. The molecule has 0 spiro atoms. The van der Waals surface area contributed by atoms with Crippen molar-refractivity contribution in [2.75, 3.05) is 0 Å². The van der Waals surface area contributed by atoms with E-state index in [4.69, 9.17) is 19.9 Å². The average Bonchev–Trinajstić information content (AvgIpc) is 1.53. The fourth-order valence-electron chi connectivity index (χ4n) is 15.5. The normalized spacial score (nSPS) is 12.5. The molecule has 0 saturated carbocycles. The van der Waals surface area contributed by atoms with Crippen LogP contribution in [-0.2, 0) is 0 Å². The van der Waals surface area contributed by atoms with Crippen LogP contribution < -0.4 is 0 Å². The van der Waals surface area contributed by atoms with Gasteiger partial charge in [0.1, 0.15) is 11.8 Å². The van der Waals surface area contributed by atoms with E-state index in [9.17, 15) is 5.26 Å². The number of fused-ring (bicyclic) bond motifs is 24. The minimum Gasteiger partial charge on any atom is -0.308 e. The van der Waals surface area contributed by atoms with Crippen molar-refractivity contribution >= 4 is 163 Å². The summed E-state index contributed by atoms with van der Waals surface area (Å²) < 4.78 is 9.56. The van der Waals surface area contributed by atoms with Gasteiger partial charge in [0.25, 0.3) is 0 Å². The molecule has 0 saturated heterocycles. The highest BCUT2D eigenvalue weighted by molar-refractivity contribution is 6.37. The van der Waals surface area contributed by atoms with Crippen LogP contribution in [0.1, 0.15) is 5.69 Å². The number of nitriles is 1. The first-order valence-corrected chi connectivity index (χ1v) is 29.8. The van der Waals surface area contributed by atoms with Gasteiger partial charge in [-0.2, -0.15) is 5.26 Å². The van der Waals surface area contributed by atoms with Gasteiger partial charge in [-0.3, -0.25) is 9.13 Å². The standard InChI is InChI=1S/C79H41N9/c80-42-63-78(83-60-28-12-11-27-59(60)81-63)87-65-30-14-9-25-52(65)55-41-58-70-49(26-16-32-67(70)86-69-39-47-22-7-5-20-45(47)36-57(69)72(75(55)87)77(58)86)48-33-34-61-62(37-48)82-73(43-17-2-1-3-18-43)79(84-61)88-66-31-15-10-24-51(66)54-40-53-50-23-8-13-29-64(50)85-68-38-46-21-6-4-19-44(46)35-56(68)71(74(53)85)76(54)88/h1-41H. The summed E-state index contributed by atoms with van der Waals surface area (Å²) in [5.41, 5.74) is 18.2. The molecular formula is C79H41N9. The predicted molar refractivity (Wildman–Crippen MR) is 361 cm³/mol. The van der Waals surface area contributed by atoms with E-state index in [0.29, 0.717) is 11.3 Å². The Kier molecular flexibility index (Phi) is 8.68. The molecule has 0 aliphatic rings. The lowest BCUT2D eigenvalue weighted by molar-refractivity contribution is 1.06. The molecule has 402 valence electrons. The molecule has 8 heterocycles. The van der Waals surface area contributed by atoms with Crippen LogP contribution in [-0.4, -0.2) is 37.9 Å². The van der Waals surface area contributed by atoms with Crippen molar-refractivity contribution in [2.24, 2.45) is 0 Å². The third kappa shape index (κ3) is 5.83. The van der Waals surface area contributed by atoms with Crippen molar-refractivity contribution in [2.45, 2.75) is 0 Å². The van der Waals surface area contributed by atoms with E-state index >= 15 is 0 Å². The van der Waals surface area contributed by atoms with Crippen molar-refractivity contribution in [1.82, 2.24) is 37.9 Å². The minimum absolute atomic E-state index is 0.269. The first kappa shape index (κ1) is 46.2. The summed E-state index contributed by atoms with van der Waals surface area (Å²) in [6.45, 7) is 0. The van der Waals surface area contributed by atoms with Crippen molar-refractivity contribution in [3.63, 3.8) is 0 Å². The largest absolute Gasteiger partial charge is 0.308 e. The van der Waals surface area contributed by atoms with Gasteiger partial charge in [-0.15, -0.1) is 0 Å². The molecule has 0 fully saturated rings. The lowest BCUT2D eigenvalue weighted by Crippen LogP contribution is -2.04. The second-order valence-electron chi connectivity index (χ2n) is 23.6. The van der Waals surface area contributed by atoms with Gasteiger partial charge in [-0.05, 0) is 118 Å². The number of rotatable bonds is 4. The smallest absolute Gasteiger partial charge is 0.184 e. The SMILES string of the molecule is N#Cc1nc2ccccc2nc1-n1c2ccccc2c2cc3c4c(-c5ccc6nc(-n7c8ccccc8c8cc9c%10ccccc%10n%10c%11cc%12ccccc%12cc%11c(c87)c9%10)c(-c7ccccc7)nc6c5)cccc4n4c5cc6ccccc6cc5c(c21)c34. The Bertz CT molecular complexity index is 6750. The van der Waals surface area contributed by atoms with Crippen LogP contribution in [0, 0.1) is 11.3 Å². The Morgan fingerprint density at radius 1 is 0.284 bits per heavy atom. The number of nitrogens with zero attached hydrogens (tertiary/aromatic N) is 9. The molecular weight excluding hydrogens is 1070 g/mol. The first-order chi connectivity index (χ1) is 43.6. The molecule has 0 bridgehead atoms. The highest BCUT2D eigenvalue weighted by Crippen LogP contribution is 2.51. The van der Waals surface area contributed by atoms with Crippen molar-refractivity contribution in [3.05, 3.63) is 254 Å². The monoisotopic (exact) mass is 1120 g/mol. The van der Waals surface area contributed by atoms with Crippen LogP contribution in [0.15, 0.2) is 249 Å². The molecule has 13 aromatic carbocycles. The second-order valence-corrected chi connectivity index (χ2v) is 23.6. The summed E-state index contributed by atoms with van der Waals surface area (Å²) in [4.78, 5) is 21.8. The molecule has 0 unspecified atom stereocenters. The fraction of sp³-hybridized carbons (Fsp3) is 0. The second kappa shape index (κ2) is 16.5. The Labute approximate surface area is 498 Å². The molecule has 0 aliphatic heterocycles. The number of aromatic nitrogens is 8. The molecule has 9 nitrogen and oxygen atoms in total. The highest BCUT2D eigenvalue weighted by Gasteiger charge is 2.30. The van der Waals surface area contributed by atoms with Crippen molar-refractivity contribution in [1.29, 1.82) is 5.26 Å². The quantitative estimate of drug-likeness (QED) is 0.175. The van der Waals surface area contributed by atoms with Crippen LogP contribution in [0.3, 0.4) is 0 Å². The summed E-state index contributed by atoms with van der Waals surface area (Å²) in [6.07, 6.45) is 0. The van der Waals surface area contributed by atoms with Gasteiger partial charge in [-0.1, -0.05) is 164 Å².